The molecule has 1 aliphatic heterocycles. The molecule has 2 aromatic rings. The second-order valence-corrected chi connectivity index (χ2v) is 6.22. The minimum absolute atomic E-state index is 0.0652. The number of carbonyl (C=O) groups excluding carboxylic acids is 1. The molecule has 0 saturated carbocycles. The zero-order valence-corrected chi connectivity index (χ0v) is 13.6. The van der Waals surface area contributed by atoms with Gasteiger partial charge in [-0.2, -0.15) is 5.10 Å². The quantitative estimate of drug-likeness (QED) is 0.883. The molecule has 3 rings (SSSR count). The number of carboxylic acid groups (broad SMARTS) is 1. The third kappa shape index (κ3) is 3.32. The first-order valence-corrected chi connectivity index (χ1v) is 8.12. The Morgan fingerprint density at radius 1 is 1.33 bits per heavy atom. The summed E-state index contributed by atoms with van der Waals surface area (Å²) in [5, 5.41) is 13.7. The van der Waals surface area contributed by atoms with Crippen molar-refractivity contribution in [3.8, 4) is 0 Å². The van der Waals surface area contributed by atoms with E-state index in [4.69, 9.17) is 0 Å². The molecule has 2 atom stereocenters. The monoisotopic (exact) mass is 327 g/mol. The third-order valence-corrected chi connectivity index (χ3v) is 4.48. The van der Waals surface area contributed by atoms with Gasteiger partial charge < -0.3 is 10.0 Å². The Hall–Kier alpha value is -2.63. The standard InChI is InChI=1S/C18H21N3O3/c1-13-5-2-6-14(11-13)17-15(18(23)24)12-16(22)21(17)10-4-9-20-8-3-7-19-20/h2-3,5-8,11,15,17H,4,9-10,12H2,1H3,(H,23,24). The average molecular weight is 327 g/mol. The lowest BCUT2D eigenvalue weighted by Crippen LogP contribution is -2.32. The van der Waals surface area contributed by atoms with Crippen LogP contribution in [0.15, 0.2) is 42.7 Å². The molecule has 1 fully saturated rings. The van der Waals surface area contributed by atoms with Crippen molar-refractivity contribution in [2.24, 2.45) is 5.92 Å². The van der Waals surface area contributed by atoms with Gasteiger partial charge in [0, 0.05) is 31.9 Å². The van der Waals surface area contributed by atoms with Gasteiger partial charge in [0.25, 0.3) is 0 Å². The van der Waals surface area contributed by atoms with E-state index in [2.05, 4.69) is 5.10 Å². The van der Waals surface area contributed by atoms with Crippen molar-refractivity contribution in [3.05, 3.63) is 53.9 Å². The topological polar surface area (TPSA) is 75.4 Å². The van der Waals surface area contributed by atoms with Gasteiger partial charge in [0.05, 0.1) is 12.0 Å². The SMILES string of the molecule is Cc1cccc(C2C(C(=O)O)CC(=O)N2CCCn2cccn2)c1. The Balaban J connectivity index is 1.78. The number of carboxylic acids is 1. The number of amides is 1. The van der Waals surface area contributed by atoms with Crippen molar-refractivity contribution in [1.82, 2.24) is 14.7 Å². The van der Waals surface area contributed by atoms with Crippen molar-refractivity contribution in [2.45, 2.75) is 32.4 Å². The molecule has 0 spiro atoms. The highest BCUT2D eigenvalue weighted by atomic mass is 16.4. The highest BCUT2D eigenvalue weighted by Crippen LogP contribution is 2.38. The van der Waals surface area contributed by atoms with Gasteiger partial charge in [-0.1, -0.05) is 29.8 Å². The minimum Gasteiger partial charge on any atom is -0.481 e. The van der Waals surface area contributed by atoms with Crippen LogP contribution in [-0.2, 0) is 16.1 Å². The van der Waals surface area contributed by atoms with E-state index in [0.717, 1.165) is 17.5 Å². The molecule has 0 bridgehead atoms. The number of rotatable bonds is 6. The maximum Gasteiger partial charge on any atom is 0.309 e. The van der Waals surface area contributed by atoms with Gasteiger partial charge in [-0.25, -0.2) is 0 Å². The number of carbonyl (C=O) groups is 2. The molecular weight excluding hydrogens is 306 g/mol. The molecule has 24 heavy (non-hydrogen) atoms. The molecule has 1 N–H and O–H groups in total. The smallest absolute Gasteiger partial charge is 0.309 e. The van der Waals surface area contributed by atoms with Gasteiger partial charge in [0.2, 0.25) is 5.91 Å². The number of aromatic nitrogens is 2. The average Bonchev–Trinajstić information content (AvgIpc) is 3.16. The maximum absolute atomic E-state index is 12.4. The van der Waals surface area contributed by atoms with Gasteiger partial charge >= 0.3 is 5.97 Å². The molecule has 1 amide bonds. The van der Waals surface area contributed by atoms with Gasteiger partial charge in [-0.05, 0) is 25.0 Å². The molecule has 1 aromatic carbocycles. The van der Waals surface area contributed by atoms with Gasteiger partial charge in [-0.15, -0.1) is 0 Å². The Bertz CT molecular complexity index is 727. The summed E-state index contributed by atoms with van der Waals surface area (Å²) in [6.07, 6.45) is 4.40. The Morgan fingerprint density at radius 3 is 2.83 bits per heavy atom. The number of aliphatic carboxylic acids is 1. The van der Waals surface area contributed by atoms with Gasteiger partial charge in [0.15, 0.2) is 0 Å². The van der Waals surface area contributed by atoms with Crippen LogP contribution in [0.25, 0.3) is 0 Å². The lowest BCUT2D eigenvalue weighted by Gasteiger charge is -2.27. The number of likely N-dealkylation sites (tertiary alicyclic amines) is 1. The van der Waals surface area contributed by atoms with E-state index in [-0.39, 0.29) is 12.3 Å². The summed E-state index contributed by atoms with van der Waals surface area (Å²) in [4.78, 5) is 25.7. The molecule has 2 heterocycles. The van der Waals surface area contributed by atoms with Crippen molar-refractivity contribution in [2.75, 3.05) is 6.54 Å². The molecule has 0 aliphatic carbocycles. The molecule has 1 saturated heterocycles. The Labute approximate surface area is 140 Å². The highest BCUT2D eigenvalue weighted by Gasteiger charge is 2.44. The van der Waals surface area contributed by atoms with Crippen molar-refractivity contribution >= 4 is 11.9 Å². The Kier molecular flexibility index (Phi) is 4.64. The second kappa shape index (κ2) is 6.86. The maximum atomic E-state index is 12.4. The molecular formula is C18H21N3O3. The molecule has 126 valence electrons. The predicted molar refractivity (Wildman–Crippen MR) is 88.2 cm³/mol. The van der Waals surface area contributed by atoms with Crippen LogP contribution in [0.1, 0.15) is 30.0 Å². The van der Waals surface area contributed by atoms with E-state index in [9.17, 15) is 14.7 Å². The number of benzene rings is 1. The minimum atomic E-state index is -0.913. The van der Waals surface area contributed by atoms with Crippen LogP contribution in [0.5, 0.6) is 0 Å². The van der Waals surface area contributed by atoms with E-state index in [1.54, 1.807) is 11.1 Å². The van der Waals surface area contributed by atoms with Crippen molar-refractivity contribution in [1.29, 1.82) is 0 Å². The largest absolute Gasteiger partial charge is 0.481 e. The molecule has 1 aromatic heterocycles. The highest BCUT2D eigenvalue weighted by molar-refractivity contribution is 5.87. The zero-order valence-electron chi connectivity index (χ0n) is 13.6. The predicted octanol–water partition coefficient (Wildman–Crippen LogP) is 2.26. The third-order valence-electron chi connectivity index (χ3n) is 4.48. The number of hydrogen-bond donors (Lipinski definition) is 1. The summed E-state index contributed by atoms with van der Waals surface area (Å²) in [5.74, 6) is -1.69. The van der Waals surface area contributed by atoms with Gasteiger partial charge in [-0.3, -0.25) is 14.3 Å². The van der Waals surface area contributed by atoms with Crippen molar-refractivity contribution in [3.63, 3.8) is 0 Å². The molecule has 6 heteroatoms. The van der Waals surface area contributed by atoms with Crippen LogP contribution < -0.4 is 0 Å². The fourth-order valence-electron chi connectivity index (χ4n) is 3.38. The number of aryl methyl sites for hydroxylation is 2. The van der Waals surface area contributed by atoms with Crippen LogP contribution in [0, 0.1) is 12.8 Å². The first kappa shape index (κ1) is 16.2. The van der Waals surface area contributed by atoms with Crippen molar-refractivity contribution < 1.29 is 14.7 Å². The van der Waals surface area contributed by atoms with E-state index < -0.39 is 17.9 Å². The summed E-state index contributed by atoms with van der Waals surface area (Å²) in [6.45, 7) is 3.20. The summed E-state index contributed by atoms with van der Waals surface area (Å²) >= 11 is 0. The first-order valence-electron chi connectivity index (χ1n) is 8.12. The van der Waals surface area contributed by atoms with E-state index in [1.165, 1.54) is 0 Å². The summed E-state index contributed by atoms with van der Waals surface area (Å²) < 4.78 is 1.82. The first-order chi connectivity index (χ1) is 11.6. The van der Waals surface area contributed by atoms with E-state index in [0.29, 0.717) is 13.1 Å². The fraction of sp³-hybridized carbons (Fsp3) is 0.389. The summed E-state index contributed by atoms with van der Waals surface area (Å²) in [5.41, 5.74) is 1.96. The van der Waals surface area contributed by atoms with E-state index in [1.807, 2.05) is 48.1 Å². The van der Waals surface area contributed by atoms with Crippen LogP contribution in [0.4, 0.5) is 0 Å². The number of hydrogen-bond acceptors (Lipinski definition) is 3. The molecule has 6 nitrogen and oxygen atoms in total. The van der Waals surface area contributed by atoms with Gasteiger partial charge in [0.1, 0.15) is 0 Å². The fourth-order valence-corrected chi connectivity index (χ4v) is 3.38. The molecule has 0 radical (unpaired) electrons. The lowest BCUT2D eigenvalue weighted by molar-refractivity contribution is -0.142. The molecule has 1 aliphatic rings. The van der Waals surface area contributed by atoms with Crippen LogP contribution in [0.3, 0.4) is 0 Å². The van der Waals surface area contributed by atoms with Crippen LogP contribution in [-0.4, -0.2) is 38.2 Å². The van der Waals surface area contributed by atoms with Crippen LogP contribution >= 0.6 is 0 Å². The zero-order chi connectivity index (χ0) is 17.1. The summed E-state index contributed by atoms with van der Waals surface area (Å²) in [6, 6.07) is 9.23. The van der Waals surface area contributed by atoms with Crippen LogP contribution in [0.2, 0.25) is 0 Å². The Morgan fingerprint density at radius 2 is 2.17 bits per heavy atom. The van der Waals surface area contributed by atoms with E-state index >= 15 is 0 Å². The number of nitrogens with zero attached hydrogens (tertiary/aromatic N) is 3. The lowest BCUT2D eigenvalue weighted by atomic mass is 9.93. The summed E-state index contributed by atoms with van der Waals surface area (Å²) in [7, 11) is 0. The molecule has 2 unspecified atom stereocenters. The second-order valence-electron chi connectivity index (χ2n) is 6.22. The normalized spacial score (nSPS) is 20.5.